The number of hydrogen-bond donors (Lipinski definition) is 5. The third-order valence-electron chi connectivity index (χ3n) is 15.2. The number of fused-ring (bicyclic) bond motifs is 3. The van der Waals surface area contributed by atoms with Gasteiger partial charge in [-0.15, -0.1) is 0 Å². The van der Waals surface area contributed by atoms with Gasteiger partial charge in [0.2, 0.25) is 17.7 Å². The Morgan fingerprint density at radius 2 is 1.73 bits per heavy atom. The van der Waals surface area contributed by atoms with Crippen molar-refractivity contribution in [3.8, 4) is 11.6 Å². The molecule has 2 unspecified atom stereocenters. The highest BCUT2D eigenvalue weighted by atomic mass is 19.1. The standard InChI is InChI=1S/C57H70FN11O5/c1-33-27-50(66-65-33)69-32-45(44-24-26-49(63-52(44)69)61-34(2)46-25-20-39(58)30-60-46)55(72)67(8)40-15-12-16-41(23-21-40)74-42-22-19-37-29-48(54(71)62-47-18-11-14-36-13-9-10-17-43(36)47)68(31-38(37)28-42)56(73)51(57(4,5)6)64-53(70)35(3)59-7/h9-10,13,17,19-20,22,24-28,30,32,34-35,40-41,47-48,51,59H,11-12,14-16,18,21,23,29,31H2,1-8H3,(H,61,63)(H,62,71)(H,64,70)(H,65,66)/t34-,35-,40?,41?,47+,48-,51+/m0/s1. The maximum Gasteiger partial charge on any atom is 0.256 e. The second kappa shape index (κ2) is 21.8. The molecule has 7 atom stereocenters. The Morgan fingerprint density at radius 3 is 2.47 bits per heavy atom. The van der Waals surface area contributed by atoms with Crippen LogP contribution < -0.4 is 26.0 Å². The average molecular weight is 1010 g/mol. The van der Waals surface area contributed by atoms with Gasteiger partial charge in [-0.05, 0) is 143 Å². The number of anilines is 1. The minimum Gasteiger partial charge on any atom is -0.490 e. The molecule has 17 heteroatoms. The molecule has 4 amide bonds. The van der Waals surface area contributed by atoms with Crippen LogP contribution in [0.1, 0.15) is 136 Å². The van der Waals surface area contributed by atoms with Crippen molar-refractivity contribution in [2.75, 3.05) is 19.4 Å². The normalized spacial score (nSPS) is 20.0. The van der Waals surface area contributed by atoms with E-state index in [1.165, 1.54) is 17.8 Å². The first-order chi connectivity index (χ1) is 35.4. The lowest BCUT2D eigenvalue weighted by Gasteiger charge is -2.42. The maximum absolute atomic E-state index is 14.9. The van der Waals surface area contributed by atoms with Gasteiger partial charge in [0.15, 0.2) is 5.82 Å². The van der Waals surface area contributed by atoms with Crippen LogP contribution in [0.25, 0.3) is 16.9 Å². The minimum atomic E-state index is -0.894. The van der Waals surface area contributed by atoms with Crippen molar-refractivity contribution in [1.82, 2.24) is 50.5 Å². The number of carbonyl (C=O) groups excluding carboxylic acids is 4. The van der Waals surface area contributed by atoms with E-state index in [1.807, 2.05) is 106 Å². The van der Waals surface area contributed by atoms with Crippen LogP contribution >= 0.6 is 0 Å². The zero-order chi connectivity index (χ0) is 52.4. The molecule has 2 aliphatic carbocycles. The summed E-state index contributed by atoms with van der Waals surface area (Å²) in [5.74, 6) is 0.506. The van der Waals surface area contributed by atoms with E-state index in [0.717, 1.165) is 73.8 Å². The van der Waals surface area contributed by atoms with Crippen LogP contribution in [0.3, 0.4) is 0 Å². The summed E-state index contributed by atoms with van der Waals surface area (Å²) < 4.78 is 22.2. The summed E-state index contributed by atoms with van der Waals surface area (Å²) in [5.41, 5.74) is 6.15. The number of nitrogens with zero attached hydrogens (tertiary/aromatic N) is 6. The fraction of sp³-hybridized carbons (Fsp3) is 0.456. The molecule has 0 bridgehead atoms. The number of halogens is 1. The van der Waals surface area contributed by atoms with E-state index in [1.54, 1.807) is 24.9 Å². The number of hydrogen-bond acceptors (Lipinski definition) is 10. The van der Waals surface area contributed by atoms with Crippen molar-refractivity contribution in [2.24, 2.45) is 5.41 Å². The number of amides is 4. The zero-order valence-electron chi connectivity index (χ0n) is 43.8. The van der Waals surface area contributed by atoms with Gasteiger partial charge >= 0.3 is 0 Å². The quantitative estimate of drug-likeness (QED) is 0.0665. The van der Waals surface area contributed by atoms with Crippen molar-refractivity contribution in [3.05, 3.63) is 130 Å². The van der Waals surface area contributed by atoms with Crippen LogP contribution in [0.5, 0.6) is 5.75 Å². The highest BCUT2D eigenvalue weighted by molar-refractivity contribution is 6.07. The Hall–Kier alpha value is -7.14. The number of ether oxygens (including phenoxy) is 1. The van der Waals surface area contributed by atoms with E-state index in [-0.39, 0.29) is 54.4 Å². The Morgan fingerprint density at radius 1 is 0.919 bits per heavy atom. The monoisotopic (exact) mass is 1010 g/mol. The van der Waals surface area contributed by atoms with Crippen LogP contribution in [-0.4, -0.2) is 103 Å². The van der Waals surface area contributed by atoms with E-state index in [0.29, 0.717) is 46.1 Å². The predicted octanol–water partition coefficient (Wildman–Crippen LogP) is 8.20. The summed E-state index contributed by atoms with van der Waals surface area (Å²) in [6, 6.07) is 20.2. The topological polar surface area (TPSA) is 191 Å². The molecule has 16 nitrogen and oxygen atoms in total. The molecule has 6 aromatic rings. The molecule has 0 saturated heterocycles. The Balaban J connectivity index is 0.907. The van der Waals surface area contributed by atoms with E-state index in [9.17, 15) is 23.6 Å². The van der Waals surface area contributed by atoms with Gasteiger partial charge in [0.1, 0.15) is 35.1 Å². The Kier molecular flexibility index (Phi) is 15.2. The molecule has 3 aliphatic rings. The number of nitrogens with one attached hydrogen (secondary N) is 5. The van der Waals surface area contributed by atoms with Gasteiger partial charge in [-0.2, -0.15) is 5.10 Å². The number of likely N-dealkylation sites (N-methyl/N-ethyl adjacent to an activating group) is 1. The van der Waals surface area contributed by atoms with Crippen molar-refractivity contribution >= 4 is 40.5 Å². The third kappa shape index (κ3) is 11.2. The van der Waals surface area contributed by atoms with Crippen molar-refractivity contribution in [3.63, 3.8) is 0 Å². The molecule has 0 radical (unpaired) electrons. The fourth-order valence-electron chi connectivity index (χ4n) is 10.8. The van der Waals surface area contributed by atoms with Crippen LogP contribution in [0.15, 0.2) is 85.2 Å². The second-order valence-corrected chi connectivity index (χ2v) is 21.6. The molecule has 2 aromatic carbocycles. The Labute approximate surface area is 432 Å². The third-order valence-corrected chi connectivity index (χ3v) is 15.2. The lowest BCUT2D eigenvalue weighted by molar-refractivity contribution is -0.147. The van der Waals surface area contributed by atoms with Crippen LogP contribution in [0.4, 0.5) is 10.2 Å². The number of rotatable bonds is 14. The van der Waals surface area contributed by atoms with E-state index >= 15 is 0 Å². The molecular formula is C57H70FN11O5. The van der Waals surface area contributed by atoms with E-state index < -0.39 is 29.4 Å². The van der Waals surface area contributed by atoms with Gasteiger partial charge in [0.05, 0.1) is 41.7 Å². The van der Waals surface area contributed by atoms with E-state index in [2.05, 4.69) is 48.6 Å². The molecule has 390 valence electrons. The lowest BCUT2D eigenvalue weighted by atomic mass is 9.83. The zero-order valence-corrected chi connectivity index (χ0v) is 43.8. The molecule has 9 rings (SSSR count). The summed E-state index contributed by atoms with van der Waals surface area (Å²) in [6.07, 6.45) is 9.83. The first-order valence-corrected chi connectivity index (χ1v) is 26.1. The van der Waals surface area contributed by atoms with Gasteiger partial charge in [0.25, 0.3) is 5.91 Å². The van der Waals surface area contributed by atoms with Gasteiger partial charge in [-0.25, -0.2) is 9.37 Å². The number of pyridine rings is 2. The van der Waals surface area contributed by atoms with Crippen LogP contribution in [-0.2, 0) is 33.8 Å². The van der Waals surface area contributed by atoms with Crippen LogP contribution in [0.2, 0.25) is 0 Å². The first kappa shape index (κ1) is 51.7. The number of aromatic amines is 1. The molecule has 1 aliphatic heterocycles. The molecule has 74 heavy (non-hydrogen) atoms. The summed E-state index contributed by atoms with van der Waals surface area (Å²) >= 11 is 0. The molecule has 1 fully saturated rings. The van der Waals surface area contributed by atoms with Gasteiger partial charge in [0, 0.05) is 49.4 Å². The first-order valence-electron chi connectivity index (χ1n) is 26.1. The average Bonchev–Trinajstić information content (AvgIpc) is 3.91. The number of benzene rings is 2. The molecule has 0 spiro atoms. The van der Waals surface area contributed by atoms with Crippen molar-refractivity contribution < 1.29 is 28.3 Å². The SMILES string of the molecule is CN[C@@H](C)C(=O)N[C@H](C(=O)N1Cc2cc(OC3CCCC(N(C)C(=O)c4cn(-c5cc(C)[nH]n5)c5nc(N[C@@H](C)c6ccc(F)cn6)ccc45)CC3)ccc2C[C@H]1C(=O)N[C@@H]1CCCc2ccccc21)C(C)(C)C. The van der Waals surface area contributed by atoms with Crippen molar-refractivity contribution in [1.29, 1.82) is 0 Å². The Bertz CT molecular complexity index is 3020. The van der Waals surface area contributed by atoms with Gasteiger partial charge in [-0.3, -0.25) is 33.8 Å². The predicted molar refractivity (Wildman–Crippen MR) is 282 cm³/mol. The lowest BCUT2D eigenvalue weighted by Crippen LogP contribution is -2.62. The number of aromatic nitrogens is 5. The highest BCUT2D eigenvalue weighted by Crippen LogP contribution is 2.35. The highest BCUT2D eigenvalue weighted by Gasteiger charge is 2.43. The summed E-state index contributed by atoms with van der Waals surface area (Å²) in [5, 5.41) is 20.9. The summed E-state index contributed by atoms with van der Waals surface area (Å²) in [7, 11) is 3.57. The molecule has 1 saturated carbocycles. The summed E-state index contributed by atoms with van der Waals surface area (Å²) in [6.45, 7) is 11.5. The number of aryl methyl sites for hydroxylation is 2. The van der Waals surface area contributed by atoms with Crippen molar-refractivity contribution in [2.45, 2.75) is 148 Å². The maximum atomic E-state index is 14.9. The minimum absolute atomic E-state index is 0.0410. The largest absolute Gasteiger partial charge is 0.490 e. The van der Waals surface area contributed by atoms with E-state index in [4.69, 9.17) is 9.72 Å². The smallest absolute Gasteiger partial charge is 0.256 e. The fourth-order valence-corrected chi connectivity index (χ4v) is 10.8. The second-order valence-electron chi connectivity index (χ2n) is 21.6. The molecule has 5 N–H and O–H groups in total. The molecular weight excluding hydrogens is 938 g/mol. The summed E-state index contributed by atoms with van der Waals surface area (Å²) in [4.78, 5) is 70.1. The van der Waals surface area contributed by atoms with Crippen LogP contribution in [0, 0.1) is 18.2 Å². The van der Waals surface area contributed by atoms with Gasteiger partial charge in [-0.1, -0.05) is 51.1 Å². The van der Waals surface area contributed by atoms with Gasteiger partial charge < -0.3 is 35.8 Å². The number of carbonyl (C=O) groups is 4. The number of H-pyrrole nitrogens is 1. The molecule has 5 heterocycles. The molecule has 4 aromatic heterocycles.